The Balaban J connectivity index is 4.19. The largest absolute Gasteiger partial charge is 0.350 e. The SMILES string of the molecule is CC(=S)C(O)(O)C#N. The lowest BCUT2D eigenvalue weighted by Gasteiger charge is -2.08. The molecule has 2 N–H and O–H groups in total. The Kier molecular flexibility index (Phi) is 2.04. The fraction of sp³-hybridized carbons (Fsp3) is 0.500. The van der Waals surface area contributed by atoms with Crippen LogP contribution in [0.15, 0.2) is 0 Å². The summed E-state index contributed by atoms with van der Waals surface area (Å²) in [6, 6.07) is 1.21. The molecular weight excluding hydrogens is 126 g/mol. The highest BCUT2D eigenvalue weighted by molar-refractivity contribution is 7.80. The van der Waals surface area contributed by atoms with E-state index in [1.54, 1.807) is 0 Å². The third kappa shape index (κ3) is 1.54. The third-order valence-electron chi connectivity index (χ3n) is 0.647. The monoisotopic (exact) mass is 131 g/mol. The van der Waals surface area contributed by atoms with Crippen molar-refractivity contribution in [1.82, 2.24) is 0 Å². The van der Waals surface area contributed by atoms with Gasteiger partial charge in [-0.15, -0.1) is 0 Å². The van der Waals surface area contributed by atoms with Crippen molar-refractivity contribution in [1.29, 1.82) is 5.26 Å². The molecule has 0 aromatic carbocycles. The van der Waals surface area contributed by atoms with Gasteiger partial charge in [0.05, 0.1) is 4.86 Å². The highest BCUT2D eigenvalue weighted by Crippen LogP contribution is 1.98. The van der Waals surface area contributed by atoms with Crippen LogP contribution >= 0.6 is 12.2 Å². The summed E-state index contributed by atoms with van der Waals surface area (Å²) in [5.41, 5.74) is 0. The summed E-state index contributed by atoms with van der Waals surface area (Å²) in [6.07, 6.45) is 0. The smallest absolute Gasteiger partial charge is 0.288 e. The van der Waals surface area contributed by atoms with Gasteiger partial charge < -0.3 is 10.2 Å². The van der Waals surface area contributed by atoms with Gasteiger partial charge in [0, 0.05) is 0 Å². The Morgan fingerprint density at radius 1 is 1.75 bits per heavy atom. The Labute approximate surface area is 52.2 Å². The predicted molar refractivity (Wildman–Crippen MR) is 31.1 cm³/mol. The minimum Gasteiger partial charge on any atom is -0.350 e. The summed E-state index contributed by atoms with van der Waals surface area (Å²) in [5.74, 6) is -2.42. The quantitative estimate of drug-likeness (QED) is 0.288. The minimum absolute atomic E-state index is 0.139. The van der Waals surface area contributed by atoms with Crippen molar-refractivity contribution in [2.75, 3.05) is 0 Å². The number of nitrogens with zero attached hydrogens (tertiary/aromatic N) is 1. The summed E-state index contributed by atoms with van der Waals surface area (Å²) in [4.78, 5) is -0.139. The fourth-order valence-corrected chi connectivity index (χ4v) is 0.124. The van der Waals surface area contributed by atoms with E-state index in [2.05, 4.69) is 12.2 Å². The molecule has 0 aromatic heterocycles. The lowest BCUT2D eigenvalue weighted by molar-refractivity contribution is -0.0467. The van der Waals surface area contributed by atoms with Crippen molar-refractivity contribution in [2.45, 2.75) is 12.7 Å². The first-order valence-corrected chi connectivity index (χ1v) is 2.28. The van der Waals surface area contributed by atoms with Crippen LogP contribution in [0, 0.1) is 11.3 Å². The summed E-state index contributed by atoms with van der Waals surface area (Å²) < 4.78 is 0. The molecule has 8 heavy (non-hydrogen) atoms. The molecular formula is C4H5NO2S. The molecule has 0 aromatic rings. The Morgan fingerprint density at radius 2 is 2.12 bits per heavy atom. The first-order chi connectivity index (χ1) is 3.50. The molecule has 44 valence electrons. The van der Waals surface area contributed by atoms with E-state index >= 15 is 0 Å². The zero-order valence-electron chi connectivity index (χ0n) is 4.25. The van der Waals surface area contributed by atoms with E-state index in [9.17, 15) is 0 Å². The minimum atomic E-state index is -2.42. The summed E-state index contributed by atoms with van der Waals surface area (Å²) >= 11 is 4.31. The first kappa shape index (κ1) is 7.50. The molecule has 4 heteroatoms. The van der Waals surface area contributed by atoms with E-state index in [0.717, 1.165) is 0 Å². The second-order valence-electron chi connectivity index (χ2n) is 1.34. The molecule has 0 aliphatic carbocycles. The third-order valence-corrected chi connectivity index (χ3v) is 0.931. The fourth-order valence-electron chi connectivity index (χ4n) is 0.0787. The summed E-state index contributed by atoms with van der Waals surface area (Å²) in [5, 5.41) is 24.8. The number of aliphatic hydroxyl groups is 2. The molecule has 0 bridgehead atoms. The van der Waals surface area contributed by atoms with Crippen LogP contribution in [-0.2, 0) is 0 Å². The Hall–Kier alpha value is -0.500. The molecule has 0 radical (unpaired) electrons. The molecule has 0 spiro atoms. The molecule has 0 amide bonds. The van der Waals surface area contributed by atoms with Gasteiger partial charge in [0.15, 0.2) is 0 Å². The van der Waals surface area contributed by atoms with Crippen LogP contribution in [0.2, 0.25) is 0 Å². The van der Waals surface area contributed by atoms with Crippen LogP contribution in [0.5, 0.6) is 0 Å². The average Bonchev–Trinajstić information content (AvgIpc) is 1.67. The lowest BCUT2D eigenvalue weighted by atomic mass is 10.2. The van der Waals surface area contributed by atoms with Crippen molar-refractivity contribution >= 4 is 17.1 Å². The molecule has 0 saturated carbocycles. The number of rotatable bonds is 1. The maximum absolute atomic E-state index is 8.45. The van der Waals surface area contributed by atoms with Crippen LogP contribution < -0.4 is 0 Å². The van der Waals surface area contributed by atoms with Crippen molar-refractivity contribution in [3.63, 3.8) is 0 Å². The van der Waals surface area contributed by atoms with Crippen molar-refractivity contribution < 1.29 is 10.2 Å². The maximum Gasteiger partial charge on any atom is 0.288 e. The second-order valence-corrected chi connectivity index (χ2v) is 1.95. The Morgan fingerprint density at radius 3 is 2.12 bits per heavy atom. The van der Waals surface area contributed by atoms with E-state index < -0.39 is 5.79 Å². The number of hydrogen-bond donors (Lipinski definition) is 2. The number of hydrogen-bond acceptors (Lipinski definition) is 4. The van der Waals surface area contributed by atoms with E-state index in [4.69, 9.17) is 15.5 Å². The van der Waals surface area contributed by atoms with Crippen LogP contribution in [0.3, 0.4) is 0 Å². The van der Waals surface area contributed by atoms with Gasteiger partial charge in [0.25, 0.3) is 5.79 Å². The number of thiocarbonyl (C=S) groups is 1. The molecule has 0 unspecified atom stereocenters. The topological polar surface area (TPSA) is 64.2 Å². The molecule has 0 rings (SSSR count). The molecule has 0 aliphatic heterocycles. The van der Waals surface area contributed by atoms with Gasteiger partial charge in [-0.25, -0.2) is 0 Å². The van der Waals surface area contributed by atoms with Gasteiger partial charge in [-0.05, 0) is 6.92 Å². The van der Waals surface area contributed by atoms with Gasteiger partial charge in [0.1, 0.15) is 6.07 Å². The molecule has 0 heterocycles. The van der Waals surface area contributed by atoms with Gasteiger partial charge in [-0.2, -0.15) is 5.26 Å². The molecule has 0 fully saturated rings. The Bertz CT molecular complexity index is 147. The summed E-state index contributed by atoms with van der Waals surface area (Å²) in [7, 11) is 0. The normalized spacial score (nSPS) is 10.2. The van der Waals surface area contributed by atoms with E-state index in [1.807, 2.05) is 0 Å². The highest BCUT2D eigenvalue weighted by Gasteiger charge is 2.24. The van der Waals surface area contributed by atoms with E-state index in [1.165, 1.54) is 13.0 Å². The average molecular weight is 131 g/mol. The first-order valence-electron chi connectivity index (χ1n) is 1.87. The van der Waals surface area contributed by atoms with Crippen LogP contribution in [0.4, 0.5) is 0 Å². The highest BCUT2D eigenvalue weighted by atomic mass is 32.1. The van der Waals surface area contributed by atoms with E-state index in [0.29, 0.717) is 0 Å². The van der Waals surface area contributed by atoms with Crippen LogP contribution in [0.25, 0.3) is 0 Å². The maximum atomic E-state index is 8.45. The van der Waals surface area contributed by atoms with E-state index in [-0.39, 0.29) is 4.86 Å². The second kappa shape index (κ2) is 2.18. The van der Waals surface area contributed by atoms with Crippen molar-refractivity contribution in [3.05, 3.63) is 0 Å². The molecule has 0 saturated heterocycles. The van der Waals surface area contributed by atoms with Gasteiger partial charge in [0.2, 0.25) is 0 Å². The van der Waals surface area contributed by atoms with Gasteiger partial charge in [-0.3, -0.25) is 0 Å². The van der Waals surface area contributed by atoms with Crippen LogP contribution in [0.1, 0.15) is 6.92 Å². The lowest BCUT2D eigenvalue weighted by Crippen LogP contribution is -2.32. The predicted octanol–water partition coefficient (Wildman–Crippen LogP) is -0.419. The zero-order chi connectivity index (χ0) is 6.78. The summed E-state index contributed by atoms with van der Waals surface area (Å²) in [6.45, 7) is 1.29. The zero-order valence-corrected chi connectivity index (χ0v) is 5.07. The van der Waals surface area contributed by atoms with Crippen molar-refractivity contribution in [3.8, 4) is 6.07 Å². The standard InChI is InChI=1S/C4H5NO2S/c1-3(8)4(6,7)2-5/h6-7H,1H3. The molecule has 0 aliphatic rings. The van der Waals surface area contributed by atoms with Gasteiger partial charge >= 0.3 is 0 Å². The van der Waals surface area contributed by atoms with Crippen molar-refractivity contribution in [2.24, 2.45) is 0 Å². The van der Waals surface area contributed by atoms with Crippen LogP contribution in [-0.4, -0.2) is 20.9 Å². The number of nitriles is 1. The van der Waals surface area contributed by atoms with Gasteiger partial charge in [-0.1, -0.05) is 12.2 Å². The molecule has 0 atom stereocenters. The molecule has 3 nitrogen and oxygen atoms in total.